The van der Waals surface area contributed by atoms with Crippen molar-refractivity contribution in [2.45, 2.75) is 6.42 Å². The van der Waals surface area contributed by atoms with Crippen LogP contribution in [0.15, 0.2) is 0 Å². The van der Waals surface area contributed by atoms with Gasteiger partial charge in [0.05, 0.1) is 0 Å². The predicted octanol–water partition coefficient (Wildman–Crippen LogP) is 0.630. The number of nitrogens with zero attached hydrogens (tertiary/aromatic N) is 1. The Morgan fingerprint density at radius 2 is 2.00 bits per heavy atom. The average molecular weight is 186 g/mol. The molecule has 70 valence electrons. The van der Waals surface area contributed by atoms with Gasteiger partial charge in [0.25, 0.3) is 0 Å². The van der Waals surface area contributed by atoms with Gasteiger partial charge in [0.15, 0.2) is 0 Å². The molecule has 2 rings (SSSR count). The SMILES string of the molecule is NCCC1CN(CC2CSC2)C1. The van der Waals surface area contributed by atoms with Crippen LogP contribution in [0, 0.1) is 11.8 Å². The normalized spacial score (nSPS) is 26.8. The number of likely N-dealkylation sites (tertiary alicyclic amines) is 1. The molecular formula is C9H18N2S. The Balaban J connectivity index is 1.55. The van der Waals surface area contributed by atoms with Crippen molar-refractivity contribution in [3.05, 3.63) is 0 Å². The zero-order valence-electron chi connectivity index (χ0n) is 7.54. The second kappa shape index (κ2) is 3.99. The molecule has 12 heavy (non-hydrogen) atoms. The van der Waals surface area contributed by atoms with Gasteiger partial charge in [-0.2, -0.15) is 11.8 Å². The Hall–Kier alpha value is 0.270. The van der Waals surface area contributed by atoms with Gasteiger partial charge in [-0.05, 0) is 36.3 Å². The summed E-state index contributed by atoms with van der Waals surface area (Å²) in [6.07, 6.45) is 1.23. The van der Waals surface area contributed by atoms with E-state index in [1.165, 1.54) is 37.6 Å². The Bertz CT molecular complexity index is 141. The molecule has 0 aromatic carbocycles. The molecule has 0 aromatic rings. The van der Waals surface area contributed by atoms with Gasteiger partial charge >= 0.3 is 0 Å². The van der Waals surface area contributed by atoms with Gasteiger partial charge in [-0.3, -0.25) is 0 Å². The minimum atomic E-state index is 0.873. The Kier molecular flexibility index (Phi) is 2.94. The summed E-state index contributed by atoms with van der Waals surface area (Å²) in [5, 5.41) is 0. The molecular weight excluding hydrogens is 168 g/mol. The molecule has 2 N–H and O–H groups in total. The summed E-state index contributed by atoms with van der Waals surface area (Å²) in [5.41, 5.74) is 5.50. The van der Waals surface area contributed by atoms with Crippen LogP contribution in [0.3, 0.4) is 0 Å². The van der Waals surface area contributed by atoms with Gasteiger partial charge < -0.3 is 10.6 Å². The van der Waals surface area contributed by atoms with Crippen molar-refractivity contribution >= 4 is 11.8 Å². The molecule has 3 heteroatoms. The van der Waals surface area contributed by atoms with E-state index in [-0.39, 0.29) is 0 Å². The van der Waals surface area contributed by atoms with Gasteiger partial charge in [-0.1, -0.05) is 0 Å². The fourth-order valence-corrected chi connectivity index (χ4v) is 2.78. The average Bonchev–Trinajstić information content (AvgIpc) is 1.89. The van der Waals surface area contributed by atoms with Crippen molar-refractivity contribution in [3.63, 3.8) is 0 Å². The van der Waals surface area contributed by atoms with Crippen molar-refractivity contribution in [3.8, 4) is 0 Å². The topological polar surface area (TPSA) is 29.3 Å². The number of nitrogens with two attached hydrogens (primary N) is 1. The lowest BCUT2D eigenvalue weighted by Gasteiger charge is -2.42. The van der Waals surface area contributed by atoms with E-state index in [1.54, 1.807) is 0 Å². The lowest BCUT2D eigenvalue weighted by atomic mass is 9.95. The van der Waals surface area contributed by atoms with Gasteiger partial charge in [-0.25, -0.2) is 0 Å². The van der Waals surface area contributed by atoms with Crippen molar-refractivity contribution < 1.29 is 0 Å². The summed E-state index contributed by atoms with van der Waals surface area (Å²) in [6.45, 7) is 4.86. The first-order valence-electron chi connectivity index (χ1n) is 4.88. The number of hydrogen-bond acceptors (Lipinski definition) is 3. The highest BCUT2D eigenvalue weighted by molar-refractivity contribution is 8.00. The summed E-state index contributed by atoms with van der Waals surface area (Å²) < 4.78 is 0. The Morgan fingerprint density at radius 3 is 2.50 bits per heavy atom. The quantitative estimate of drug-likeness (QED) is 0.698. The standard InChI is InChI=1S/C9H18N2S/c10-2-1-8-3-11(4-8)5-9-6-12-7-9/h8-9H,1-7,10H2. The number of thioether (sulfide) groups is 1. The van der Waals surface area contributed by atoms with E-state index in [4.69, 9.17) is 5.73 Å². The van der Waals surface area contributed by atoms with Crippen molar-refractivity contribution in [1.82, 2.24) is 4.90 Å². The highest BCUT2D eigenvalue weighted by atomic mass is 32.2. The highest BCUT2D eigenvalue weighted by Gasteiger charge is 2.29. The fourth-order valence-electron chi connectivity index (χ4n) is 2.00. The van der Waals surface area contributed by atoms with E-state index in [0.717, 1.165) is 18.4 Å². The van der Waals surface area contributed by atoms with E-state index in [2.05, 4.69) is 16.7 Å². The van der Waals surface area contributed by atoms with Crippen molar-refractivity contribution in [2.24, 2.45) is 17.6 Å². The second-order valence-corrected chi connectivity index (χ2v) is 5.14. The van der Waals surface area contributed by atoms with Crippen LogP contribution in [0.25, 0.3) is 0 Å². The summed E-state index contributed by atoms with van der Waals surface area (Å²) in [7, 11) is 0. The monoisotopic (exact) mass is 186 g/mol. The molecule has 0 aliphatic carbocycles. The van der Waals surface area contributed by atoms with Crippen LogP contribution in [0.5, 0.6) is 0 Å². The van der Waals surface area contributed by atoms with Crippen LogP contribution in [0.4, 0.5) is 0 Å². The first-order chi connectivity index (χ1) is 5.88. The largest absolute Gasteiger partial charge is 0.330 e. The lowest BCUT2D eigenvalue weighted by Crippen LogP contribution is -2.50. The second-order valence-electron chi connectivity index (χ2n) is 4.07. The highest BCUT2D eigenvalue weighted by Crippen LogP contribution is 2.28. The molecule has 0 radical (unpaired) electrons. The minimum Gasteiger partial charge on any atom is -0.330 e. The first kappa shape index (κ1) is 8.85. The summed E-state index contributed by atoms with van der Waals surface area (Å²) >= 11 is 2.09. The van der Waals surface area contributed by atoms with Gasteiger partial charge in [0.1, 0.15) is 0 Å². The van der Waals surface area contributed by atoms with Crippen LogP contribution in [-0.2, 0) is 0 Å². The number of rotatable bonds is 4. The zero-order valence-corrected chi connectivity index (χ0v) is 8.35. The van der Waals surface area contributed by atoms with Crippen LogP contribution in [-0.4, -0.2) is 42.6 Å². The van der Waals surface area contributed by atoms with Crippen LogP contribution < -0.4 is 5.73 Å². The third kappa shape index (κ3) is 1.95. The van der Waals surface area contributed by atoms with Crippen molar-refractivity contribution in [1.29, 1.82) is 0 Å². The third-order valence-electron chi connectivity index (χ3n) is 2.83. The third-order valence-corrected chi connectivity index (χ3v) is 4.25. The lowest BCUT2D eigenvalue weighted by molar-refractivity contribution is 0.0830. The van der Waals surface area contributed by atoms with E-state index in [0.29, 0.717) is 0 Å². The van der Waals surface area contributed by atoms with Gasteiger partial charge in [0.2, 0.25) is 0 Å². The summed E-state index contributed by atoms with van der Waals surface area (Å²) in [4.78, 5) is 2.59. The molecule has 2 aliphatic rings. The maximum absolute atomic E-state index is 5.50. The van der Waals surface area contributed by atoms with E-state index < -0.39 is 0 Å². The van der Waals surface area contributed by atoms with E-state index >= 15 is 0 Å². The molecule has 2 heterocycles. The molecule has 0 bridgehead atoms. The summed E-state index contributed by atoms with van der Waals surface area (Å²) in [5.74, 6) is 4.73. The van der Waals surface area contributed by atoms with Gasteiger partial charge in [-0.15, -0.1) is 0 Å². The molecule has 2 nitrogen and oxygen atoms in total. The molecule has 0 unspecified atom stereocenters. The van der Waals surface area contributed by atoms with E-state index in [9.17, 15) is 0 Å². The molecule has 0 saturated carbocycles. The molecule has 2 fully saturated rings. The maximum atomic E-state index is 5.50. The summed E-state index contributed by atoms with van der Waals surface area (Å²) in [6, 6.07) is 0. The minimum absolute atomic E-state index is 0.873. The Labute approximate surface area is 78.9 Å². The zero-order chi connectivity index (χ0) is 8.39. The Morgan fingerprint density at radius 1 is 1.25 bits per heavy atom. The molecule has 0 spiro atoms. The fraction of sp³-hybridized carbons (Fsp3) is 1.00. The molecule has 2 saturated heterocycles. The molecule has 0 atom stereocenters. The van der Waals surface area contributed by atoms with Crippen molar-refractivity contribution in [2.75, 3.05) is 37.7 Å². The molecule has 0 aromatic heterocycles. The smallest absolute Gasteiger partial charge is 0.00257 e. The van der Waals surface area contributed by atoms with Crippen LogP contribution in [0.2, 0.25) is 0 Å². The maximum Gasteiger partial charge on any atom is 0.00257 e. The first-order valence-corrected chi connectivity index (χ1v) is 6.04. The van der Waals surface area contributed by atoms with E-state index in [1.807, 2.05) is 0 Å². The van der Waals surface area contributed by atoms with Gasteiger partial charge in [0, 0.05) is 19.6 Å². The molecule has 0 amide bonds. The van der Waals surface area contributed by atoms with Crippen LogP contribution >= 0.6 is 11.8 Å². The molecule has 2 aliphatic heterocycles. The number of hydrogen-bond donors (Lipinski definition) is 1. The van der Waals surface area contributed by atoms with Crippen LogP contribution in [0.1, 0.15) is 6.42 Å². The predicted molar refractivity (Wildman–Crippen MR) is 54.4 cm³/mol.